The molecule has 0 radical (unpaired) electrons. The van der Waals surface area contributed by atoms with Crippen LogP contribution in [0.25, 0.3) is 10.9 Å². The number of rotatable bonds is 8. The molecule has 0 bridgehead atoms. The third-order valence-corrected chi connectivity index (χ3v) is 4.22. The van der Waals surface area contributed by atoms with Gasteiger partial charge in [0.2, 0.25) is 5.91 Å². The molecular weight excluding hydrogens is 312 g/mol. The van der Waals surface area contributed by atoms with E-state index in [9.17, 15) is 4.79 Å². The van der Waals surface area contributed by atoms with Gasteiger partial charge in [0.25, 0.3) is 0 Å². The van der Waals surface area contributed by atoms with E-state index in [0.29, 0.717) is 19.7 Å². The highest BCUT2D eigenvalue weighted by molar-refractivity contribution is 5.84. The Bertz CT molecular complexity index is 824. The van der Waals surface area contributed by atoms with E-state index >= 15 is 0 Å². The van der Waals surface area contributed by atoms with Gasteiger partial charge in [-0.25, -0.2) is 0 Å². The van der Waals surface area contributed by atoms with Crippen molar-refractivity contribution in [2.75, 3.05) is 13.2 Å². The molecule has 3 rings (SSSR count). The number of aromatic nitrogens is 1. The number of benzene rings is 2. The van der Waals surface area contributed by atoms with Crippen molar-refractivity contribution < 1.29 is 9.53 Å². The van der Waals surface area contributed by atoms with E-state index < -0.39 is 0 Å². The number of para-hydroxylation sites is 2. The summed E-state index contributed by atoms with van der Waals surface area (Å²) in [6, 6.07) is 20.1. The minimum atomic E-state index is 0.0495. The van der Waals surface area contributed by atoms with Gasteiger partial charge in [0.15, 0.2) is 0 Å². The maximum Gasteiger partial charge on any atom is 0.239 e. The summed E-state index contributed by atoms with van der Waals surface area (Å²) in [5.74, 6) is 0.940. The summed E-state index contributed by atoms with van der Waals surface area (Å²) in [5.41, 5.74) is 2.21. The largest absolute Gasteiger partial charge is 0.494 e. The van der Waals surface area contributed by atoms with Crippen LogP contribution in [-0.4, -0.2) is 23.6 Å². The van der Waals surface area contributed by atoms with E-state index in [1.807, 2.05) is 49.4 Å². The average Bonchev–Trinajstić information content (AvgIpc) is 2.94. The van der Waals surface area contributed by atoms with Crippen molar-refractivity contribution in [3.8, 4) is 5.75 Å². The Morgan fingerprint density at radius 1 is 1.04 bits per heavy atom. The van der Waals surface area contributed by atoms with Gasteiger partial charge in [-0.05, 0) is 49.4 Å². The zero-order chi connectivity index (χ0) is 17.5. The molecule has 0 fully saturated rings. The number of unbranched alkanes of at least 4 members (excludes halogenated alkanes) is 1. The summed E-state index contributed by atoms with van der Waals surface area (Å²) in [6.07, 6.45) is 1.82. The first-order valence-electron chi connectivity index (χ1n) is 8.73. The average molecular weight is 336 g/mol. The SMILES string of the molecule is Cc1cc2ccccc2n1CC(=O)NCCCCOc1ccccc1. The maximum atomic E-state index is 12.2. The highest BCUT2D eigenvalue weighted by Gasteiger charge is 2.08. The molecule has 1 amide bonds. The minimum Gasteiger partial charge on any atom is -0.494 e. The standard InChI is InChI=1S/C21H24N2O2/c1-17-15-18-9-5-6-12-20(18)23(17)16-21(24)22-13-7-8-14-25-19-10-3-2-4-11-19/h2-6,9-12,15H,7-8,13-14,16H2,1H3,(H,22,24). The number of nitrogens with zero attached hydrogens (tertiary/aromatic N) is 1. The van der Waals surface area contributed by atoms with Crippen LogP contribution in [0.5, 0.6) is 5.75 Å². The van der Waals surface area contributed by atoms with Crippen molar-refractivity contribution in [2.24, 2.45) is 0 Å². The predicted octanol–water partition coefficient (Wildman–Crippen LogP) is 3.93. The zero-order valence-corrected chi connectivity index (χ0v) is 14.6. The normalized spacial score (nSPS) is 10.8. The van der Waals surface area contributed by atoms with E-state index in [2.05, 4.69) is 28.1 Å². The lowest BCUT2D eigenvalue weighted by molar-refractivity contribution is -0.121. The van der Waals surface area contributed by atoms with E-state index in [1.54, 1.807) is 0 Å². The lowest BCUT2D eigenvalue weighted by Crippen LogP contribution is -2.28. The van der Waals surface area contributed by atoms with Crippen LogP contribution in [0.3, 0.4) is 0 Å². The smallest absolute Gasteiger partial charge is 0.239 e. The van der Waals surface area contributed by atoms with Crippen molar-refractivity contribution in [2.45, 2.75) is 26.3 Å². The molecule has 25 heavy (non-hydrogen) atoms. The molecule has 1 heterocycles. The van der Waals surface area contributed by atoms with Gasteiger partial charge in [-0.1, -0.05) is 36.4 Å². The summed E-state index contributed by atoms with van der Waals surface area (Å²) in [6.45, 7) is 3.74. The quantitative estimate of drug-likeness (QED) is 0.634. The molecule has 1 aromatic heterocycles. The number of carbonyl (C=O) groups is 1. The highest BCUT2D eigenvalue weighted by atomic mass is 16.5. The first kappa shape index (κ1) is 17.1. The van der Waals surface area contributed by atoms with Crippen molar-refractivity contribution in [3.63, 3.8) is 0 Å². The van der Waals surface area contributed by atoms with Crippen LogP contribution in [0.1, 0.15) is 18.5 Å². The number of nitrogens with one attached hydrogen (secondary N) is 1. The fraction of sp³-hybridized carbons (Fsp3) is 0.286. The van der Waals surface area contributed by atoms with Gasteiger partial charge in [0.05, 0.1) is 6.61 Å². The Labute approximate surface area is 148 Å². The topological polar surface area (TPSA) is 43.3 Å². The fourth-order valence-electron chi connectivity index (χ4n) is 2.92. The molecule has 0 unspecified atom stereocenters. The van der Waals surface area contributed by atoms with Crippen molar-refractivity contribution in [3.05, 3.63) is 66.4 Å². The fourth-order valence-corrected chi connectivity index (χ4v) is 2.92. The molecule has 0 atom stereocenters. The Hall–Kier alpha value is -2.75. The van der Waals surface area contributed by atoms with Crippen molar-refractivity contribution in [1.29, 1.82) is 0 Å². The summed E-state index contributed by atoms with van der Waals surface area (Å²) < 4.78 is 7.70. The number of amides is 1. The van der Waals surface area contributed by atoms with Crippen LogP contribution in [0, 0.1) is 6.92 Å². The summed E-state index contributed by atoms with van der Waals surface area (Å²) >= 11 is 0. The Morgan fingerprint density at radius 2 is 1.80 bits per heavy atom. The minimum absolute atomic E-state index is 0.0495. The number of carbonyl (C=O) groups excluding carboxylic acids is 1. The molecular formula is C21H24N2O2. The van der Waals surface area contributed by atoms with Crippen LogP contribution in [0.15, 0.2) is 60.7 Å². The predicted molar refractivity (Wildman–Crippen MR) is 101 cm³/mol. The van der Waals surface area contributed by atoms with Gasteiger partial charge < -0.3 is 14.6 Å². The van der Waals surface area contributed by atoms with E-state index in [1.165, 1.54) is 5.39 Å². The van der Waals surface area contributed by atoms with Crippen LogP contribution in [-0.2, 0) is 11.3 Å². The summed E-state index contributed by atoms with van der Waals surface area (Å²) in [7, 11) is 0. The molecule has 3 aromatic rings. The molecule has 0 saturated heterocycles. The number of aryl methyl sites for hydroxylation is 1. The lowest BCUT2D eigenvalue weighted by Gasteiger charge is -2.10. The van der Waals surface area contributed by atoms with Crippen molar-refractivity contribution >= 4 is 16.8 Å². The lowest BCUT2D eigenvalue weighted by atomic mass is 10.2. The number of hydrogen-bond donors (Lipinski definition) is 1. The third-order valence-electron chi connectivity index (χ3n) is 4.22. The van der Waals surface area contributed by atoms with Gasteiger partial charge in [-0.15, -0.1) is 0 Å². The number of hydrogen-bond acceptors (Lipinski definition) is 2. The molecule has 0 spiro atoms. The van der Waals surface area contributed by atoms with Gasteiger partial charge in [0.1, 0.15) is 12.3 Å². The Morgan fingerprint density at radius 3 is 2.64 bits per heavy atom. The Kier molecular flexibility index (Phi) is 5.73. The molecule has 0 aliphatic rings. The maximum absolute atomic E-state index is 12.2. The highest BCUT2D eigenvalue weighted by Crippen LogP contribution is 2.18. The molecule has 0 aliphatic carbocycles. The van der Waals surface area contributed by atoms with Gasteiger partial charge in [0, 0.05) is 17.8 Å². The summed E-state index contributed by atoms with van der Waals surface area (Å²) in [5, 5.41) is 4.17. The second-order valence-corrected chi connectivity index (χ2v) is 6.15. The van der Waals surface area contributed by atoms with Crippen LogP contribution in [0.4, 0.5) is 0 Å². The first-order chi connectivity index (χ1) is 12.2. The molecule has 1 N–H and O–H groups in total. The van der Waals surface area contributed by atoms with Crippen LogP contribution < -0.4 is 10.1 Å². The van der Waals surface area contributed by atoms with E-state index in [0.717, 1.165) is 29.8 Å². The van der Waals surface area contributed by atoms with Crippen LogP contribution in [0.2, 0.25) is 0 Å². The number of fused-ring (bicyclic) bond motifs is 1. The third kappa shape index (κ3) is 4.63. The zero-order valence-electron chi connectivity index (χ0n) is 14.6. The van der Waals surface area contributed by atoms with E-state index in [-0.39, 0.29) is 5.91 Å². The molecule has 2 aromatic carbocycles. The molecule has 0 aliphatic heterocycles. The summed E-state index contributed by atoms with van der Waals surface area (Å²) in [4.78, 5) is 12.2. The molecule has 0 saturated carbocycles. The van der Waals surface area contributed by atoms with Crippen LogP contribution >= 0.6 is 0 Å². The Balaban J connectivity index is 1.39. The van der Waals surface area contributed by atoms with E-state index in [4.69, 9.17) is 4.74 Å². The van der Waals surface area contributed by atoms with Gasteiger partial charge in [-0.2, -0.15) is 0 Å². The second-order valence-electron chi connectivity index (χ2n) is 6.15. The second kappa shape index (κ2) is 8.38. The van der Waals surface area contributed by atoms with Gasteiger partial charge in [-0.3, -0.25) is 4.79 Å². The van der Waals surface area contributed by atoms with Gasteiger partial charge >= 0.3 is 0 Å². The van der Waals surface area contributed by atoms with Crippen molar-refractivity contribution in [1.82, 2.24) is 9.88 Å². The number of ether oxygens (including phenoxy) is 1. The molecule has 130 valence electrons. The molecule has 4 heteroatoms. The monoisotopic (exact) mass is 336 g/mol. The molecule has 4 nitrogen and oxygen atoms in total. The first-order valence-corrected chi connectivity index (χ1v) is 8.73.